The molecule has 4 aromatic rings. The number of aryl methyl sites for hydroxylation is 1. The van der Waals surface area contributed by atoms with Crippen LogP contribution in [0.4, 0.5) is 4.79 Å². The third-order valence-corrected chi connectivity index (χ3v) is 13.4. The van der Waals surface area contributed by atoms with Crippen LogP contribution in [-0.2, 0) is 20.4 Å². The molecule has 5 aliphatic heterocycles. The van der Waals surface area contributed by atoms with Crippen molar-refractivity contribution >= 4 is 47.0 Å². The number of hydrogen-bond donors (Lipinski definition) is 2. The van der Waals surface area contributed by atoms with E-state index in [9.17, 15) is 24.3 Å². The van der Waals surface area contributed by atoms with Crippen LogP contribution in [0.2, 0.25) is 10.0 Å². The SMILES string of the molecule is COc1ccc(-n2nnnc2C)cc1C(=O)N1CCC(CCN2CCC(C(=O)NC(=O)N3C(C(=O)O)N4CCN3CC4)(c3ccccc3)CC2)(c2ccc(Cl)c(Cl)c2)C1. The van der Waals surface area contributed by atoms with Crippen LogP contribution in [0.3, 0.4) is 0 Å². The molecule has 2 N–H and O–H groups in total. The molecule has 310 valence electrons. The number of piperazine rings is 1. The lowest BCUT2D eigenvalue weighted by Gasteiger charge is -2.52. The number of methoxy groups -OCH3 is 1. The molecule has 59 heavy (non-hydrogen) atoms. The predicted molar refractivity (Wildman–Crippen MR) is 217 cm³/mol. The molecule has 0 aliphatic carbocycles. The lowest BCUT2D eigenvalue weighted by molar-refractivity contribution is -0.190. The number of nitrogens with one attached hydrogen (secondary N) is 1. The molecule has 18 heteroatoms. The van der Waals surface area contributed by atoms with E-state index in [1.807, 2.05) is 47.4 Å². The van der Waals surface area contributed by atoms with Crippen molar-refractivity contribution < 1.29 is 29.0 Å². The number of carboxylic acids is 1. The lowest BCUT2D eigenvalue weighted by Crippen LogP contribution is -2.74. The fraction of sp³-hybridized carbons (Fsp3) is 0.439. The molecule has 5 saturated heterocycles. The molecule has 2 bridgehead atoms. The van der Waals surface area contributed by atoms with Gasteiger partial charge in [-0.25, -0.2) is 19.6 Å². The van der Waals surface area contributed by atoms with E-state index in [1.165, 1.54) is 12.1 Å². The molecule has 5 aliphatic rings. The van der Waals surface area contributed by atoms with E-state index in [4.69, 9.17) is 27.9 Å². The third-order valence-electron chi connectivity index (χ3n) is 12.7. The summed E-state index contributed by atoms with van der Waals surface area (Å²) in [7, 11) is 1.54. The number of amides is 4. The zero-order chi connectivity index (χ0) is 41.5. The Balaban J connectivity index is 1.00. The molecule has 2 unspecified atom stereocenters. The Bertz CT molecular complexity index is 2240. The first-order valence-corrected chi connectivity index (χ1v) is 20.5. The van der Waals surface area contributed by atoms with Gasteiger partial charge >= 0.3 is 12.0 Å². The van der Waals surface area contributed by atoms with Crippen molar-refractivity contribution in [2.45, 2.75) is 49.6 Å². The first-order valence-electron chi connectivity index (χ1n) is 19.8. The molecule has 2 atom stereocenters. The maximum absolute atomic E-state index is 14.4. The Morgan fingerprint density at radius 3 is 2.29 bits per heavy atom. The molecule has 0 spiro atoms. The van der Waals surface area contributed by atoms with E-state index in [0.29, 0.717) is 117 Å². The zero-order valence-corrected chi connectivity index (χ0v) is 34.4. The summed E-state index contributed by atoms with van der Waals surface area (Å²) in [6, 6.07) is 19.7. The average molecular weight is 846 g/mol. The molecular weight excluding hydrogens is 799 g/mol. The van der Waals surface area contributed by atoms with Crippen LogP contribution in [-0.4, -0.2) is 146 Å². The number of carboxylic acid groups (broad SMARTS) is 1. The fourth-order valence-electron chi connectivity index (χ4n) is 9.28. The van der Waals surface area contributed by atoms with Gasteiger partial charge in [0.25, 0.3) is 5.91 Å². The number of fused-ring (bicyclic) bond motifs is 3. The number of piperidine rings is 1. The number of imide groups is 1. The van der Waals surface area contributed by atoms with E-state index >= 15 is 0 Å². The average Bonchev–Trinajstić information content (AvgIpc) is 3.91. The van der Waals surface area contributed by atoms with E-state index in [1.54, 1.807) is 45.8 Å². The summed E-state index contributed by atoms with van der Waals surface area (Å²) < 4.78 is 7.21. The van der Waals surface area contributed by atoms with Gasteiger partial charge in [0.2, 0.25) is 12.1 Å². The van der Waals surface area contributed by atoms with Crippen molar-refractivity contribution in [1.29, 1.82) is 0 Å². The van der Waals surface area contributed by atoms with Gasteiger partial charge in [-0.2, -0.15) is 4.68 Å². The van der Waals surface area contributed by atoms with E-state index < -0.39 is 34.9 Å². The van der Waals surface area contributed by atoms with E-state index in [-0.39, 0.29) is 5.91 Å². The summed E-state index contributed by atoms with van der Waals surface area (Å²) in [6.07, 6.45) is 1.08. The van der Waals surface area contributed by atoms with Gasteiger partial charge in [0.1, 0.15) is 5.75 Å². The molecule has 3 aromatic carbocycles. The van der Waals surface area contributed by atoms with Crippen LogP contribution in [0.5, 0.6) is 5.75 Å². The molecule has 0 radical (unpaired) electrons. The number of carbonyl (C=O) groups is 4. The molecule has 6 heterocycles. The molecule has 5 fully saturated rings. The predicted octanol–water partition coefficient (Wildman–Crippen LogP) is 3.99. The van der Waals surface area contributed by atoms with Crippen LogP contribution in [0, 0.1) is 6.92 Å². The summed E-state index contributed by atoms with van der Waals surface area (Å²) >= 11 is 13.0. The van der Waals surface area contributed by atoms with Gasteiger partial charge in [-0.1, -0.05) is 59.6 Å². The largest absolute Gasteiger partial charge is 0.496 e. The highest BCUT2D eigenvalue weighted by molar-refractivity contribution is 6.42. The number of hydrogen-bond acceptors (Lipinski definition) is 11. The topological polar surface area (TPSA) is 170 Å². The summed E-state index contributed by atoms with van der Waals surface area (Å²) in [5.41, 5.74) is 1.35. The van der Waals surface area contributed by atoms with Gasteiger partial charge in [-0.15, -0.1) is 5.10 Å². The van der Waals surface area contributed by atoms with Gasteiger partial charge in [0, 0.05) is 44.7 Å². The number of ether oxygens (including phenoxy) is 1. The van der Waals surface area contributed by atoms with Gasteiger partial charge in [-0.05, 0) is 104 Å². The second-order valence-corrected chi connectivity index (χ2v) is 16.6. The van der Waals surface area contributed by atoms with Crippen LogP contribution >= 0.6 is 23.2 Å². The summed E-state index contributed by atoms with van der Waals surface area (Å²) in [5.74, 6) is -0.736. The lowest BCUT2D eigenvalue weighted by atomic mass is 9.71. The Labute approximate surface area is 351 Å². The monoisotopic (exact) mass is 844 g/mol. The number of hydrazine groups is 1. The van der Waals surface area contributed by atoms with Crippen molar-refractivity contribution in [3.05, 3.63) is 99.3 Å². The van der Waals surface area contributed by atoms with Crippen molar-refractivity contribution in [2.75, 3.05) is 66.0 Å². The van der Waals surface area contributed by atoms with Gasteiger partial charge in [0.05, 0.1) is 33.8 Å². The van der Waals surface area contributed by atoms with Gasteiger partial charge in [-0.3, -0.25) is 19.8 Å². The summed E-state index contributed by atoms with van der Waals surface area (Å²) in [6.45, 7) is 6.58. The molecule has 0 saturated carbocycles. The smallest absolute Gasteiger partial charge is 0.343 e. The standard InChI is InChI=1S/C41H46Cl2N10O6/c1-27-45-46-47-52(27)30-9-11-34(59-2)31(25-30)36(54)50-19-13-40(26-50,29-8-10-32(42)33(43)24-29)12-16-48-17-14-41(15-18-48,28-6-4-3-5-7-28)38(57)44-39(58)53-35(37(55)56)49-20-22-51(53)23-21-49/h3-11,24-25,35H,12-23,26H2,1-2H3,(H,55,56)(H,44,57,58). The number of likely N-dealkylation sites (tertiary alicyclic amines) is 2. The van der Waals surface area contributed by atoms with Crippen LogP contribution in [0.1, 0.15) is 53.0 Å². The summed E-state index contributed by atoms with van der Waals surface area (Å²) in [4.78, 5) is 60.6. The Hall–Kier alpha value is -5.13. The van der Waals surface area contributed by atoms with Crippen LogP contribution in [0.15, 0.2) is 66.7 Å². The minimum Gasteiger partial charge on any atom is -0.496 e. The Morgan fingerprint density at radius 1 is 0.881 bits per heavy atom. The number of aromatic nitrogens is 4. The minimum absolute atomic E-state index is 0.177. The number of tetrazole rings is 1. The quantitative estimate of drug-likeness (QED) is 0.236. The van der Waals surface area contributed by atoms with Gasteiger partial charge in [0.15, 0.2) is 5.82 Å². The van der Waals surface area contributed by atoms with Crippen LogP contribution in [0.25, 0.3) is 5.69 Å². The van der Waals surface area contributed by atoms with Crippen molar-refractivity contribution in [2.24, 2.45) is 0 Å². The number of urea groups is 1. The Morgan fingerprint density at radius 2 is 1.63 bits per heavy atom. The summed E-state index contributed by atoms with van der Waals surface area (Å²) in [5, 5.41) is 28.2. The number of rotatable bonds is 10. The molecule has 16 nitrogen and oxygen atoms in total. The van der Waals surface area contributed by atoms with Crippen molar-refractivity contribution in [1.82, 2.24) is 50.2 Å². The highest BCUT2D eigenvalue weighted by Gasteiger charge is 2.49. The number of benzene rings is 3. The minimum atomic E-state index is -1.17. The molecule has 1 aromatic heterocycles. The van der Waals surface area contributed by atoms with E-state index in [2.05, 4.69) is 25.7 Å². The van der Waals surface area contributed by atoms with E-state index in [0.717, 1.165) is 11.1 Å². The normalized spacial score (nSPS) is 23.9. The van der Waals surface area contributed by atoms with Crippen molar-refractivity contribution in [3.8, 4) is 11.4 Å². The molecule has 9 rings (SSSR count). The van der Waals surface area contributed by atoms with Gasteiger partial charge < -0.3 is 19.6 Å². The first-order chi connectivity index (χ1) is 28.4. The second kappa shape index (κ2) is 16.5. The second-order valence-electron chi connectivity index (χ2n) is 15.8. The number of aliphatic carboxylic acids is 1. The third kappa shape index (κ3) is 7.63. The maximum atomic E-state index is 14.4. The number of carbonyl (C=O) groups excluding carboxylic acids is 3. The zero-order valence-electron chi connectivity index (χ0n) is 32.9. The highest BCUT2D eigenvalue weighted by Crippen LogP contribution is 2.43. The number of nitrogens with zero attached hydrogens (tertiary/aromatic N) is 9. The maximum Gasteiger partial charge on any atom is 0.343 e. The van der Waals surface area contributed by atoms with Crippen LogP contribution < -0.4 is 10.1 Å². The Kier molecular flexibility index (Phi) is 11.4. The molecular formula is C41H46Cl2N10O6. The van der Waals surface area contributed by atoms with Crippen molar-refractivity contribution in [3.63, 3.8) is 0 Å². The molecule has 4 amide bonds. The fourth-order valence-corrected chi connectivity index (χ4v) is 9.58. The number of halogens is 2. The first kappa shape index (κ1) is 40.6. The highest BCUT2D eigenvalue weighted by atomic mass is 35.5.